The van der Waals surface area contributed by atoms with Crippen LogP contribution in [0.3, 0.4) is 0 Å². The summed E-state index contributed by atoms with van der Waals surface area (Å²) in [5.74, 6) is 0.489. The van der Waals surface area contributed by atoms with Gasteiger partial charge in [0.1, 0.15) is 16.5 Å². The van der Waals surface area contributed by atoms with E-state index in [-0.39, 0.29) is 28.8 Å². The predicted octanol–water partition coefficient (Wildman–Crippen LogP) is 4.78. The van der Waals surface area contributed by atoms with Gasteiger partial charge in [-0.1, -0.05) is 18.2 Å². The number of benzene rings is 2. The number of aldehydes is 1. The number of rotatable bonds is 11. The normalized spacial score (nSPS) is 20.8. The maximum atomic E-state index is 13.6. The molecule has 1 aromatic heterocycles. The van der Waals surface area contributed by atoms with Gasteiger partial charge in [0.25, 0.3) is 11.5 Å². The Hall–Kier alpha value is -4.23. The van der Waals surface area contributed by atoms with E-state index in [4.69, 9.17) is 4.74 Å². The van der Waals surface area contributed by atoms with Gasteiger partial charge in [0.05, 0.1) is 24.9 Å². The first-order valence-corrected chi connectivity index (χ1v) is 19.5. The number of amides is 2. The van der Waals surface area contributed by atoms with Gasteiger partial charge in [-0.25, -0.2) is 4.68 Å². The van der Waals surface area contributed by atoms with Crippen LogP contribution in [0.2, 0.25) is 0 Å². The molecule has 3 unspecified atom stereocenters. The van der Waals surface area contributed by atoms with Gasteiger partial charge < -0.3 is 34.9 Å². The fourth-order valence-electron chi connectivity index (χ4n) is 8.52. The van der Waals surface area contributed by atoms with Crippen molar-refractivity contribution in [3.05, 3.63) is 80.2 Å². The molecule has 284 valence electrons. The summed E-state index contributed by atoms with van der Waals surface area (Å²) in [5.41, 5.74) is 4.57. The van der Waals surface area contributed by atoms with Crippen LogP contribution in [0, 0.1) is 5.41 Å². The number of methoxy groups -OCH3 is 1. The molecule has 3 atom stereocenters. The van der Waals surface area contributed by atoms with E-state index in [1.807, 2.05) is 29.2 Å². The van der Waals surface area contributed by atoms with E-state index in [1.165, 1.54) is 10.2 Å². The summed E-state index contributed by atoms with van der Waals surface area (Å²) < 4.78 is 7.54. The van der Waals surface area contributed by atoms with Gasteiger partial charge in [-0.3, -0.25) is 14.4 Å². The van der Waals surface area contributed by atoms with Crippen LogP contribution in [0.4, 0.5) is 11.4 Å². The lowest BCUT2D eigenvalue weighted by atomic mass is 9.71. The lowest BCUT2D eigenvalue weighted by Crippen LogP contribution is -2.48. The number of anilines is 2. The molecule has 2 amide bonds. The van der Waals surface area contributed by atoms with Crippen molar-refractivity contribution in [2.24, 2.45) is 12.5 Å². The van der Waals surface area contributed by atoms with E-state index in [0.717, 1.165) is 94.5 Å². The number of nitrogens with zero attached hydrogens (tertiary/aromatic N) is 5. The van der Waals surface area contributed by atoms with E-state index in [0.29, 0.717) is 34.7 Å². The second kappa shape index (κ2) is 16.8. The number of likely N-dealkylation sites (tertiary alicyclic amines) is 2. The number of carbonyl (C=O) groups is 3. The van der Waals surface area contributed by atoms with Crippen molar-refractivity contribution >= 4 is 45.4 Å². The summed E-state index contributed by atoms with van der Waals surface area (Å²) in [7, 11) is 6.98. The monoisotopic (exact) mass is 789 g/mol. The fourth-order valence-corrected chi connectivity index (χ4v) is 9.00. The van der Waals surface area contributed by atoms with Crippen molar-refractivity contribution in [1.29, 1.82) is 0 Å². The van der Waals surface area contributed by atoms with Gasteiger partial charge in [0.15, 0.2) is 0 Å². The molecule has 13 heteroatoms. The van der Waals surface area contributed by atoms with E-state index < -0.39 is 5.92 Å². The molecule has 0 radical (unpaired) electrons. The molecule has 0 saturated carbocycles. The first kappa shape index (κ1) is 38.5. The molecule has 1 spiro atoms. The van der Waals surface area contributed by atoms with Crippen LogP contribution in [0.5, 0.6) is 5.75 Å². The lowest BCUT2D eigenvalue weighted by molar-refractivity contribution is -0.122. The average molecular weight is 791 g/mol. The Balaban J connectivity index is 1.02. The highest BCUT2D eigenvalue weighted by Gasteiger charge is 2.39. The Kier molecular flexibility index (Phi) is 12.2. The van der Waals surface area contributed by atoms with Gasteiger partial charge in [-0.05, 0) is 96.6 Å². The highest BCUT2D eigenvalue weighted by molar-refractivity contribution is 9.10. The molecule has 4 heterocycles. The van der Waals surface area contributed by atoms with Crippen LogP contribution in [-0.4, -0.2) is 104 Å². The molecule has 3 saturated heterocycles. The van der Waals surface area contributed by atoms with Crippen LogP contribution in [0.25, 0.3) is 0 Å². The number of halogens is 1. The predicted molar refractivity (Wildman–Crippen MR) is 210 cm³/mol. The molecule has 12 nitrogen and oxygen atoms in total. The third-order valence-electron chi connectivity index (χ3n) is 11.7. The van der Waals surface area contributed by atoms with Crippen molar-refractivity contribution in [3.63, 3.8) is 0 Å². The Bertz CT molecular complexity index is 1830. The minimum Gasteiger partial charge on any atom is -0.496 e. The van der Waals surface area contributed by atoms with Gasteiger partial charge in [-0.15, -0.1) is 0 Å². The molecule has 2 aromatic carbocycles. The second-order valence-corrected chi connectivity index (χ2v) is 15.8. The number of nitrogens with one attached hydrogen (secondary N) is 2. The average Bonchev–Trinajstić information content (AvgIpc) is 3.18. The van der Waals surface area contributed by atoms with Gasteiger partial charge in [0, 0.05) is 88.7 Å². The van der Waals surface area contributed by atoms with Gasteiger partial charge >= 0.3 is 0 Å². The van der Waals surface area contributed by atoms with Crippen LogP contribution in [0.15, 0.2) is 57.9 Å². The standard InChI is InChI=1S/C40H52BrN7O5/c1-42-37(50)33(6-5-21-49)32-12-11-31(23-35(32)53-4)47-17-13-40(14-18-47)15-19-48(20-16-40)38(51)28-9-7-27(8-10-28)29-22-30(26-45(2)25-29)44-34-24-43-46(3)39(52)36(34)41/h7-12,21,23-24,29-30,33,44H,5-6,13-20,22,25-26H2,1-4H3,(H,42,50). The Morgan fingerprint density at radius 2 is 1.74 bits per heavy atom. The Labute approximate surface area is 320 Å². The summed E-state index contributed by atoms with van der Waals surface area (Å²) in [6.07, 6.45) is 8.31. The highest BCUT2D eigenvalue weighted by atomic mass is 79.9. The van der Waals surface area contributed by atoms with Crippen LogP contribution >= 0.6 is 15.9 Å². The van der Waals surface area contributed by atoms with Gasteiger partial charge in [0.2, 0.25) is 5.91 Å². The molecule has 0 aliphatic carbocycles. The molecule has 3 aliphatic rings. The Morgan fingerprint density at radius 3 is 2.40 bits per heavy atom. The number of piperidine rings is 3. The zero-order chi connectivity index (χ0) is 37.7. The minimum atomic E-state index is -0.444. The fraction of sp³-hybridized carbons (Fsp3) is 0.525. The summed E-state index contributed by atoms with van der Waals surface area (Å²) in [6.45, 7) is 5.15. The summed E-state index contributed by atoms with van der Waals surface area (Å²) >= 11 is 3.43. The third-order valence-corrected chi connectivity index (χ3v) is 12.5. The first-order chi connectivity index (χ1) is 25.5. The van der Waals surface area contributed by atoms with Gasteiger partial charge in [-0.2, -0.15) is 5.10 Å². The van der Waals surface area contributed by atoms with Crippen molar-refractivity contribution < 1.29 is 19.1 Å². The molecular weight excluding hydrogens is 738 g/mol. The maximum absolute atomic E-state index is 13.6. The Morgan fingerprint density at radius 1 is 1.04 bits per heavy atom. The molecular formula is C40H52BrN7O5. The van der Waals surface area contributed by atoms with Crippen molar-refractivity contribution in [2.45, 2.75) is 62.8 Å². The molecule has 3 aromatic rings. The second-order valence-electron chi connectivity index (χ2n) is 15.0. The zero-order valence-corrected chi connectivity index (χ0v) is 32.9. The molecule has 6 rings (SSSR count). The SMILES string of the molecule is CNC(=O)C(CCC=O)c1ccc(N2CCC3(CCN(C(=O)c4ccc(C5CC(Nc6cnn(C)c(=O)c6Br)CN(C)C5)cc4)CC3)CC2)cc1OC. The number of hydrogen-bond donors (Lipinski definition) is 2. The molecule has 0 bridgehead atoms. The summed E-state index contributed by atoms with van der Waals surface area (Å²) in [5, 5.41) is 10.4. The number of likely N-dealkylation sites (N-methyl/N-ethyl adjacent to an activating group) is 2. The van der Waals surface area contributed by atoms with E-state index in [2.05, 4.69) is 66.7 Å². The maximum Gasteiger partial charge on any atom is 0.282 e. The minimum absolute atomic E-state index is 0.0996. The van der Waals surface area contributed by atoms with Crippen LogP contribution in [-0.2, 0) is 16.6 Å². The molecule has 2 N–H and O–H groups in total. The van der Waals surface area contributed by atoms with Crippen molar-refractivity contribution in [1.82, 2.24) is 24.9 Å². The molecule has 3 aliphatic heterocycles. The van der Waals surface area contributed by atoms with Crippen LogP contribution < -0.4 is 25.8 Å². The number of ether oxygens (including phenoxy) is 1. The number of carbonyl (C=O) groups excluding carboxylic acids is 3. The van der Waals surface area contributed by atoms with Crippen molar-refractivity contribution in [2.75, 3.05) is 70.7 Å². The summed E-state index contributed by atoms with van der Waals surface area (Å²) in [6, 6.07) is 14.4. The quantitative estimate of drug-likeness (QED) is 0.264. The zero-order valence-electron chi connectivity index (χ0n) is 31.3. The highest BCUT2D eigenvalue weighted by Crippen LogP contribution is 2.43. The lowest BCUT2D eigenvalue weighted by Gasteiger charge is -2.47. The van der Waals surface area contributed by atoms with E-state index in [1.54, 1.807) is 27.4 Å². The number of aryl methyl sites for hydroxylation is 1. The summed E-state index contributed by atoms with van der Waals surface area (Å²) in [4.78, 5) is 56.4. The van der Waals surface area contributed by atoms with Crippen molar-refractivity contribution in [3.8, 4) is 5.75 Å². The molecule has 3 fully saturated rings. The van der Waals surface area contributed by atoms with E-state index in [9.17, 15) is 19.2 Å². The van der Waals surface area contributed by atoms with E-state index >= 15 is 0 Å². The number of aromatic nitrogens is 2. The largest absolute Gasteiger partial charge is 0.496 e. The number of hydrogen-bond acceptors (Lipinski definition) is 9. The third kappa shape index (κ3) is 8.62. The molecule has 53 heavy (non-hydrogen) atoms. The first-order valence-electron chi connectivity index (χ1n) is 18.7. The smallest absolute Gasteiger partial charge is 0.282 e. The van der Waals surface area contributed by atoms with Crippen LogP contribution in [0.1, 0.15) is 78.3 Å². The topological polar surface area (TPSA) is 129 Å².